The average molecular weight is 611 g/mol. The van der Waals surface area contributed by atoms with Crippen LogP contribution in [0.25, 0.3) is 22.5 Å². The van der Waals surface area contributed by atoms with E-state index in [1.54, 1.807) is 32.2 Å². The van der Waals surface area contributed by atoms with Crippen molar-refractivity contribution in [3.63, 3.8) is 0 Å². The Bertz CT molecular complexity index is 1790. The molecule has 230 valence electrons. The number of aromatic nitrogens is 2. The van der Waals surface area contributed by atoms with E-state index in [2.05, 4.69) is 15.5 Å². The number of carbonyl (C=O) groups is 3. The van der Waals surface area contributed by atoms with Crippen LogP contribution in [-0.2, 0) is 9.59 Å². The lowest BCUT2D eigenvalue weighted by molar-refractivity contribution is -0.159. The number of aliphatic carboxylic acids is 2. The second-order valence-corrected chi connectivity index (χ2v) is 9.67. The molecule has 45 heavy (non-hydrogen) atoms. The lowest BCUT2D eigenvalue weighted by atomic mass is 9.97. The van der Waals surface area contributed by atoms with Crippen molar-refractivity contribution in [2.75, 3.05) is 19.5 Å². The van der Waals surface area contributed by atoms with E-state index in [0.29, 0.717) is 40.2 Å². The molecule has 5 rings (SSSR count). The van der Waals surface area contributed by atoms with Gasteiger partial charge in [0.25, 0.3) is 5.91 Å². The molecule has 3 aromatic carbocycles. The number of anilines is 1. The quantitative estimate of drug-likeness (QED) is 0.221. The molecule has 1 aliphatic rings. The number of benzene rings is 3. The number of hydrogen-bond acceptors (Lipinski definition) is 9. The molecular formula is C33H30N4O8. The van der Waals surface area contributed by atoms with E-state index in [0.717, 1.165) is 22.3 Å². The van der Waals surface area contributed by atoms with Gasteiger partial charge in [-0.25, -0.2) is 9.59 Å². The molecule has 3 N–H and O–H groups in total. The van der Waals surface area contributed by atoms with Crippen LogP contribution in [0.3, 0.4) is 0 Å². The maximum atomic E-state index is 13.0. The van der Waals surface area contributed by atoms with Crippen molar-refractivity contribution in [1.82, 2.24) is 15.0 Å². The number of rotatable bonds is 7. The van der Waals surface area contributed by atoms with Gasteiger partial charge in [0.15, 0.2) is 11.5 Å². The Morgan fingerprint density at radius 2 is 1.60 bits per heavy atom. The van der Waals surface area contributed by atoms with Gasteiger partial charge in [0.05, 0.1) is 7.11 Å². The van der Waals surface area contributed by atoms with E-state index in [-0.39, 0.29) is 5.91 Å². The number of nitrogens with one attached hydrogen (secondary N) is 1. The summed E-state index contributed by atoms with van der Waals surface area (Å²) in [4.78, 5) is 37.4. The highest BCUT2D eigenvalue weighted by molar-refractivity contribution is 6.27. The molecule has 4 aromatic rings. The Balaban J connectivity index is 0.000000700. The number of allylic oxidation sites excluding steroid dienone is 3. The predicted octanol–water partition coefficient (Wildman–Crippen LogP) is 5.67. The molecule has 0 aliphatic carbocycles. The summed E-state index contributed by atoms with van der Waals surface area (Å²) in [5.74, 6) is -1.10. The molecule has 0 radical (unpaired) electrons. The van der Waals surface area contributed by atoms with Crippen molar-refractivity contribution < 1.29 is 38.6 Å². The minimum absolute atomic E-state index is 0.227. The number of nitrogens with zero attached hydrogens (tertiary/aromatic N) is 3. The van der Waals surface area contributed by atoms with Gasteiger partial charge in [0.1, 0.15) is 5.76 Å². The summed E-state index contributed by atoms with van der Waals surface area (Å²) in [6, 6.07) is 18.8. The fourth-order valence-corrected chi connectivity index (χ4v) is 4.19. The SMILES string of the molecule is COc1ccc(NC(=O)c2ccc(-c3ccc(-c4noc(C)n4)cc3C)cc2)cc1OC1=CN(C)C=CC=C1.O=C(O)C(=O)O. The zero-order chi connectivity index (χ0) is 32.5. The van der Waals surface area contributed by atoms with Crippen molar-refractivity contribution in [2.24, 2.45) is 0 Å². The molecule has 0 unspecified atom stereocenters. The molecule has 0 atom stereocenters. The molecule has 1 aliphatic heterocycles. The number of amides is 1. The largest absolute Gasteiger partial charge is 0.493 e. The summed E-state index contributed by atoms with van der Waals surface area (Å²) < 4.78 is 16.6. The number of carbonyl (C=O) groups excluding carboxylic acids is 1. The van der Waals surface area contributed by atoms with E-state index in [1.165, 1.54) is 0 Å². The lowest BCUT2D eigenvalue weighted by Crippen LogP contribution is -2.12. The maximum absolute atomic E-state index is 13.0. The van der Waals surface area contributed by atoms with E-state index >= 15 is 0 Å². The van der Waals surface area contributed by atoms with E-state index in [9.17, 15) is 4.79 Å². The summed E-state index contributed by atoms with van der Waals surface area (Å²) >= 11 is 0. The smallest absolute Gasteiger partial charge is 0.414 e. The molecule has 0 saturated carbocycles. The van der Waals surface area contributed by atoms with Crippen molar-refractivity contribution in [3.8, 4) is 34.0 Å². The zero-order valence-electron chi connectivity index (χ0n) is 24.8. The van der Waals surface area contributed by atoms with Crippen LogP contribution in [0, 0.1) is 13.8 Å². The number of carboxylic acids is 2. The normalized spacial score (nSPS) is 11.9. The summed E-state index contributed by atoms with van der Waals surface area (Å²) in [6.45, 7) is 3.80. The molecule has 0 saturated heterocycles. The van der Waals surface area contributed by atoms with Gasteiger partial charge in [-0.2, -0.15) is 4.98 Å². The van der Waals surface area contributed by atoms with Crippen LogP contribution in [0.15, 0.2) is 102 Å². The van der Waals surface area contributed by atoms with Crippen molar-refractivity contribution >= 4 is 23.5 Å². The number of methoxy groups -OCH3 is 1. The van der Waals surface area contributed by atoms with E-state index < -0.39 is 11.9 Å². The fraction of sp³-hybridized carbons (Fsp3) is 0.121. The first kappa shape index (κ1) is 31.8. The second kappa shape index (κ2) is 14.3. The first-order valence-electron chi connectivity index (χ1n) is 13.5. The van der Waals surface area contributed by atoms with Crippen LogP contribution < -0.4 is 14.8 Å². The Hall–Kier alpha value is -6.17. The highest BCUT2D eigenvalue weighted by Gasteiger charge is 2.13. The average Bonchev–Trinajstić information content (AvgIpc) is 3.35. The van der Waals surface area contributed by atoms with Crippen LogP contribution in [-0.4, -0.2) is 57.3 Å². The predicted molar refractivity (Wildman–Crippen MR) is 166 cm³/mol. The summed E-state index contributed by atoms with van der Waals surface area (Å²) in [7, 11) is 3.49. The lowest BCUT2D eigenvalue weighted by Gasteiger charge is -2.14. The number of ether oxygens (including phenoxy) is 2. The standard InChI is InChI=1S/C31H28N4O4.C2H2O4/c1-20-17-24(30-32-21(2)39-34-30)12-14-27(20)22-8-10-23(11-9-22)31(36)33-25-13-15-28(37-4)29(18-25)38-26-7-5-6-16-35(3)19-26;3-1(4)2(5)6/h5-19H,1-4H3,(H,33,36);(H,3,4)(H,5,6). The van der Waals surface area contributed by atoms with Crippen molar-refractivity contribution in [1.29, 1.82) is 0 Å². The highest BCUT2D eigenvalue weighted by Crippen LogP contribution is 2.33. The fourth-order valence-electron chi connectivity index (χ4n) is 4.19. The van der Waals surface area contributed by atoms with Crippen molar-refractivity contribution in [2.45, 2.75) is 13.8 Å². The third-order valence-corrected chi connectivity index (χ3v) is 6.33. The van der Waals surface area contributed by atoms with Gasteiger partial charge in [-0.1, -0.05) is 35.5 Å². The minimum Gasteiger partial charge on any atom is -0.493 e. The van der Waals surface area contributed by atoms with E-state index in [1.807, 2.05) is 92.0 Å². The third kappa shape index (κ3) is 8.45. The number of aryl methyl sites for hydroxylation is 2. The molecule has 2 heterocycles. The van der Waals surface area contributed by atoms with Crippen LogP contribution in [0.4, 0.5) is 5.69 Å². The molecule has 0 spiro atoms. The van der Waals surface area contributed by atoms with Crippen LogP contribution in [0.1, 0.15) is 21.8 Å². The molecule has 12 heteroatoms. The topological polar surface area (TPSA) is 164 Å². The third-order valence-electron chi connectivity index (χ3n) is 6.33. The molecule has 12 nitrogen and oxygen atoms in total. The van der Waals surface area contributed by atoms with Gasteiger partial charge in [0, 0.05) is 49.3 Å². The van der Waals surface area contributed by atoms with Crippen LogP contribution >= 0.6 is 0 Å². The van der Waals surface area contributed by atoms with Crippen molar-refractivity contribution in [3.05, 3.63) is 114 Å². The van der Waals surface area contributed by atoms with Gasteiger partial charge < -0.3 is 34.4 Å². The number of carboxylic acid groups (broad SMARTS) is 2. The summed E-state index contributed by atoms with van der Waals surface area (Å²) in [5.41, 5.74) is 5.15. The highest BCUT2D eigenvalue weighted by atomic mass is 16.5. The van der Waals surface area contributed by atoms with Crippen LogP contribution in [0.2, 0.25) is 0 Å². The Kier molecular flexibility index (Phi) is 10.1. The van der Waals surface area contributed by atoms with Gasteiger partial charge >= 0.3 is 11.9 Å². The second-order valence-electron chi connectivity index (χ2n) is 9.67. The maximum Gasteiger partial charge on any atom is 0.414 e. The number of hydrogen-bond donors (Lipinski definition) is 3. The Labute approximate surface area is 258 Å². The Morgan fingerprint density at radius 3 is 2.22 bits per heavy atom. The molecule has 0 fully saturated rings. The first-order chi connectivity index (χ1) is 21.5. The van der Waals surface area contributed by atoms with Gasteiger partial charge in [-0.05, 0) is 66.1 Å². The molecule has 1 amide bonds. The molecular weight excluding hydrogens is 580 g/mol. The molecule has 0 bridgehead atoms. The van der Waals surface area contributed by atoms with E-state index in [4.69, 9.17) is 33.8 Å². The summed E-state index contributed by atoms with van der Waals surface area (Å²) in [5, 5.41) is 21.7. The zero-order valence-corrected chi connectivity index (χ0v) is 24.8. The van der Waals surface area contributed by atoms with Gasteiger partial charge in [0.2, 0.25) is 11.7 Å². The van der Waals surface area contributed by atoms with Crippen LogP contribution in [0.5, 0.6) is 11.5 Å². The minimum atomic E-state index is -1.82. The Morgan fingerprint density at radius 1 is 0.889 bits per heavy atom. The first-order valence-corrected chi connectivity index (χ1v) is 13.5. The molecule has 1 aromatic heterocycles. The van der Waals surface area contributed by atoms with Gasteiger partial charge in [-0.3, -0.25) is 4.79 Å². The van der Waals surface area contributed by atoms with Gasteiger partial charge in [-0.15, -0.1) is 0 Å². The summed E-state index contributed by atoms with van der Waals surface area (Å²) in [6.07, 6.45) is 9.43. The monoisotopic (exact) mass is 610 g/mol.